The van der Waals surface area contributed by atoms with Gasteiger partial charge in [0.1, 0.15) is 0 Å². The van der Waals surface area contributed by atoms with Crippen LogP contribution in [0.1, 0.15) is 88.5 Å². The number of carbonyl (C=O) groups excluding carboxylic acids is 2. The highest BCUT2D eigenvalue weighted by atomic mass is 28.4. The van der Waals surface area contributed by atoms with Crippen LogP contribution in [0.3, 0.4) is 0 Å². The summed E-state index contributed by atoms with van der Waals surface area (Å²) in [5.74, 6) is -0.302. The maximum Gasteiger partial charge on any atom is 0.308 e. The molecule has 0 N–H and O–H groups in total. The molecule has 0 heterocycles. The van der Waals surface area contributed by atoms with E-state index in [9.17, 15) is 9.59 Å². The van der Waals surface area contributed by atoms with Crippen LogP contribution in [0.4, 0.5) is 0 Å². The van der Waals surface area contributed by atoms with Gasteiger partial charge in [0.2, 0.25) is 0 Å². The molecule has 2 atom stereocenters. The molecule has 0 aliphatic carbocycles. The molecule has 0 spiro atoms. The topological polar surface area (TPSA) is 71.1 Å². The van der Waals surface area contributed by atoms with Crippen LogP contribution in [0.2, 0.25) is 61.9 Å². The van der Waals surface area contributed by atoms with Crippen molar-refractivity contribution < 1.29 is 27.9 Å². The second-order valence-corrected chi connectivity index (χ2v) is 29.5. The Balaban J connectivity index is -0.000000650. The molecule has 38 heavy (non-hydrogen) atoms. The van der Waals surface area contributed by atoms with Crippen molar-refractivity contribution in [3.05, 3.63) is 0 Å². The van der Waals surface area contributed by atoms with Gasteiger partial charge in [0, 0.05) is 8.07 Å². The van der Waals surface area contributed by atoms with Crippen LogP contribution in [-0.4, -0.2) is 62.6 Å². The third kappa shape index (κ3) is 18.0. The van der Waals surface area contributed by atoms with Gasteiger partial charge in [-0.3, -0.25) is 9.59 Å². The quantitative estimate of drug-likeness (QED) is 0.156. The minimum Gasteiger partial charge on any atom is -0.469 e. The Morgan fingerprint density at radius 3 is 1.29 bits per heavy atom. The van der Waals surface area contributed by atoms with E-state index in [-0.39, 0.29) is 41.6 Å². The number of carbonyl (C=O) groups is 2. The van der Waals surface area contributed by atoms with Crippen molar-refractivity contribution in [2.75, 3.05) is 13.7 Å². The fourth-order valence-electron chi connectivity index (χ4n) is 2.71. The molecule has 0 aliphatic heterocycles. The Hall–Kier alpha value is -0.489. The smallest absolute Gasteiger partial charge is 0.308 e. The molecule has 6 nitrogen and oxygen atoms in total. The minimum atomic E-state index is -1.82. The maximum atomic E-state index is 12.0. The average Bonchev–Trinajstić information content (AvgIpc) is 2.70. The monoisotopic (exact) mass is 594 g/mol. The lowest BCUT2D eigenvalue weighted by molar-refractivity contribution is -0.145. The minimum absolute atomic E-state index is 0. The number of ether oxygens (including phenoxy) is 2. The fourth-order valence-corrected chi connectivity index (χ4v) is 6.30. The predicted octanol–water partition coefficient (Wildman–Crippen LogP) is 9.04. The van der Waals surface area contributed by atoms with Gasteiger partial charge in [-0.25, -0.2) is 0 Å². The molecule has 9 heteroatoms. The van der Waals surface area contributed by atoms with Gasteiger partial charge < -0.3 is 18.3 Å². The number of hydrogen-bond acceptors (Lipinski definition) is 6. The van der Waals surface area contributed by atoms with Crippen LogP contribution in [0.5, 0.6) is 0 Å². The zero-order chi connectivity index (χ0) is 29.9. The van der Waals surface area contributed by atoms with Crippen molar-refractivity contribution in [1.29, 1.82) is 0 Å². The van der Waals surface area contributed by atoms with Gasteiger partial charge in [-0.05, 0) is 55.2 Å². The molecule has 0 saturated heterocycles. The van der Waals surface area contributed by atoms with E-state index in [1.165, 1.54) is 7.11 Å². The van der Waals surface area contributed by atoms with E-state index in [2.05, 4.69) is 99.0 Å². The van der Waals surface area contributed by atoms with Crippen molar-refractivity contribution in [1.82, 2.24) is 0 Å². The molecule has 0 saturated carbocycles. The summed E-state index contributed by atoms with van der Waals surface area (Å²) >= 11 is 0. The van der Waals surface area contributed by atoms with Gasteiger partial charge in [-0.2, -0.15) is 0 Å². The van der Waals surface area contributed by atoms with Crippen molar-refractivity contribution in [3.8, 4) is 0 Å². The number of rotatable bonds is 13. The molecule has 0 aromatic heterocycles. The van der Waals surface area contributed by atoms with Crippen LogP contribution in [-0.2, 0) is 27.9 Å². The first-order valence-electron chi connectivity index (χ1n) is 14.0. The van der Waals surface area contributed by atoms with Crippen molar-refractivity contribution in [3.63, 3.8) is 0 Å². The van der Waals surface area contributed by atoms with Gasteiger partial charge in [0.15, 0.2) is 16.6 Å². The van der Waals surface area contributed by atoms with Crippen LogP contribution < -0.4 is 0 Å². The molecule has 230 valence electrons. The maximum absolute atomic E-state index is 12.0. The van der Waals surface area contributed by atoms with Gasteiger partial charge in [-0.15, -0.1) is 0 Å². The van der Waals surface area contributed by atoms with E-state index in [4.69, 9.17) is 13.6 Å². The molecule has 0 aromatic carbocycles. The largest absolute Gasteiger partial charge is 0.469 e. The summed E-state index contributed by atoms with van der Waals surface area (Å²) in [5.41, 5.74) is 0. The Morgan fingerprint density at radius 2 is 1.03 bits per heavy atom. The average molecular weight is 595 g/mol. The van der Waals surface area contributed by atoms with E-state index < -0.39 is 24.7 Å². The van der Waals surface area contributed by atoms with E-state index in [1.807, 2.05) is 6.92 Å². The fraction of sp³-hybridized carbons (Fsp3) is 0.931. The van der Waals surface area contributed by atoms with Crippen LogP contribution in [0.25, 0.3) is 0 Å². The third-order valence-electron chi connectivity index (χ3n) is 7.58. The van der Waals surface area contributed by atoms with E-state index in [0.29, 0.717) is 19.4 Å². The summed E-state index contributed by atoms with van der Waals surface area (Å²) in [5, 5.41) is 0.346. The SMILES string of the molecule is C.CC[C@H](CC(=O)OC)O[Si](C)(C)C(C)(C)C.CC[C@H](CC(=O)OCC[Si](C)(C)C)O[Si](C)(C)C(C)(C)C. The molecule has 0 rings (SSSR count). The zero-order valence-electron chi connectivity index (χ0n) is 27.3. The normalized spacial score (nSPS) is 14.4. The molecule has 0 aromatic rings. The van der Waals surface area contributed by atoms with Crippen LogP contribution >= 0.6 is 0 Å². The summed E-state index contributed by atoms with van der Waals surface area (Å²) in [6.45, 7) is 33.7. The first-order chi connectivity index (χ1) is 16.4. The second kappa shape index (κ2) is 17.4. The third-order valence-corrected chi connectivity index (χ3v) is 18.4. The molecular formula is C29H66O6Si3. The Bertz CT molecular complexity index is 673. The van der Waals surface area contributed by atoms with Crippen molar-refractivity contribution in [2.24, 2.45) is 0 Å². The van der Waals surface area contributed by atoms with Gasteiger partial charge in [0.05, 0.1) is 38.8 Å². The van der Waals surface area contributed by atoms with Crippen molar-refractivity contribution >= 4 is 36.6 Å². The van der Waals surface area contributed by atoms with E-state index >= 15 is 0 Å². The molecule has 0 fully saturated rings. The summed E-state index contributed by atoms with van der Waals surface area (Å²) in [6.07, 6.45) is 2.43. The molecule has 0 bridgehead atoms. The van der Waals surface area contributed by atoms with E-state index in [0.717, 1.165) is 18.9 Å². The lowest BCUT2D eigenvalue weighted by Crippen LogP contribution is -2.44. The second-order valence-electron chi connectivity index (χ2n) is 14.3. The highest BCUT2D eigenvalue weighted by Crippen LogP contribution is 2.39. The van der Waals surface area contributed by atoms with Gasteiger partial charge in [0.25, 0.3) is 0 Å². The molecule has 0 amide bonds. The highest BCUT2D eigenvalue weighted by Gasteiger charge is 2.40. The standard InChI is InChI=1S/C16H36O3Si2.C12H26O3Si.CH4/c1-10-14(19-21(8,9)16(2,3)4)13-15(17)18-11-12-20(5,6)7;1-8-10(9-11(13)14-5)15-16(6,7)12(2,3)4;/h14H,10-13H2,1-9H3;10H,8-9H2,1-7H3;1H4/t14-;10-;/m11./s1. The highest BCUT2D eigenvalue weighted by molar-refractivity contribution is 6.76. The summed E-state index contributed by atoms with van der Waals surface area (Å²) in [7, 11) is -3.31. The van der Waals surface area contributed by atoms with Crippen LogP contribution in [0, 0.1) is 0 Å². The van der Waals surface area contributed by atoms with Crippen LogP contribution in [0.15, 0.2) is 0 Å². The molecule has 0 radical (unpaired) electrons. The number of methoxy groups -OCH3 is 1. The Morgan fingerprint density at radius 1 is 0.684 bits per heavy atom. The lowest BCUT2D eigenvalue weighted by Gasteiger charge is -2.39. The predicted molar refractivity (Wildman–Crippen MR) is 172 cm³/mol. The summed E-state index contributed by atoms with van der Waals surface area (Å²) in [6, 6.07) is 1.03. The number of esters is 2. The first kappa shape index (κ1) is 42.0. The Kier molecular flexibility index (Phi) is 19.2. The summed E-state index contributed by atoms with van der Waals surface area (Å²) in [4.78, 5) is 23.2. The van der Waals surface area contributed by atoms with Crippen molar-refractivity contribution in [2.45, 2.75) is 163 Å². The van der Waals surface area contributed by atoms with Gasteiger partial charge in [-0.1, -0.05) is 82.5 Å². The number of hydrogen-bond donors (Lipinski definition) is 0. The van der Waals surface area contributed by atoms with E-state index in [1.54, 1.807) is 0 Å². The zero-order valence-corrected chi connectivity index (χ0v) is 30.3. The summed E-state index contributed by atoms with van der Waals surface area (Å²) < 4.78 is 22.5. The Labute approximate surface area is 240 Å². The first-order valence-corrected chi connectivity index (χ1v) is 23.5. The molecule has 0 aliphatic rings. The molecular weight excluding hydrogens is 529 g/mol. The van der Waals surface area contributed by atoms with Gasteiger partial charge >= 0.3 is 11.9 Å². The molecule has 0 unspecified atom stereocenters. The lowest BCUT2D eigenvalue weighted by atomic mass is 10.2.